The first kappa shape index (κ1) is 14.2. The van der Waals surface area contributed by atoms with E-state index in [9.17, 15) is 4.79 Å². The lowest BCUT2D eigenvalue weighted by molar-refractivity contribution is 0.250. The molecular formula is C12H17N3O2S. The number of thiocarbonyl (C=S) groups is 1. The number of carbonyl (C=O) groups is 1. The van der Waals surface area contributed by atoms with Crippen LogP contribution in [0.5, 0.6) is 5.75 Å². The minimum absolute atomic E-state index is 0.0352. The van der Waals surface area contributed by atoms with E-state index in [0.717, 1.165) is 0 Å². The molecule has 0 aliphatic heterocycles. The molecule has 6 heteroatoms. The third kappa shape index (κ3) is 3.59. The van der Waals surface area contributed by atoms with Crippen LogP contribution in [0.4, 0.5) is 10.5 Å². The largest absolute Gasteiger partial charge is 0.495 e. The van der Waals surface area contributed by atoms with Crippen molar-refractivity contribution in [3.63, 3.8) is 0 Å². The standard InChI is InChI=1S/C12H17N3O2S/c1-7(2)14-12(16)15-10-8(11(13)18)5-4-6-9(10)17-3/h4-7H,1-3H3,(H2,13,18)(H2,14,15,16). The van der Waals surface area contributed by atoms with Gasteiger partial charge in [0.25, 0.3) is 0 Å². The highest BCUT2D eigenvalue weighted by Gasteiger charge is 2.14. The van der Waals surface area contributed by atoms with Crippen molar-refractivity contribution in [1.29, 1.82) is 0 Å². The van der Waals surface area contributed by atoms with Gasteiger partial charge in [0.05, 0.1) is 12.8 Å². The first-order valence-electron chi connectivity index (χ1n) is 5.50. The zero-order valence-corrected chi connectivity index (χ0v) is 11.4. The van der Waals surface area contributed by atoms with Gasteiger partial charge in [0.15, 0.2) is 0 Å². The zero-order valence-electron chi connectivity index (χ0n) is 10.6. The molecule has 4 N–H and O–H groups in total. The van der Waals surface area contributed by atoms with E-state index in [2.05, 4.69) is 10.6 Å². The summed E-state index contributed by atoms with van der Waals surface area (Å²) in [5.41, 5.74) is 6.67. The van der Waals surface area contributed by atoms with Gasteiger partial charge in [-0.2, -0.15) is 0 Å². The average molecular weight is 267 g/mol. The molecule has 0 saturated carbocycles. The number of methoxy groups -OCH3 is 1. The van der Waals surface area contributed by atoms with Crippen molar-refractivity contribution in [2.24, 2.45) is 5.73 Å². The van der Waals surface area contributed by atoms with Crippen LogP contribution in [0.1, 0.15) is 19.4 Å². The highest BCUT2D eigenvalue weighted by atomic mass is 32.1. The summed E-state index contributed by atoms with van der Waals surface area (Å²) < 4.78 is 5.18. The fraction of sp³-hybridized carbons (Fsp3) is 0.333. The van der Waals surface area contributed by atoms with Crippen LogP contribution in [-0.2, 0) is 0 Å². The number of hydrogen-bond acceptors (Lipinski definition) is 3. The Bertz CT molecular complexity index is 461. The van der Waals surface area contributed by atoms with Crippen LogP contribution in [0, 0.1) is 0 Å². The Morgan fingerprint density at radius 2 is 2.11 bits per heavy atom. The lowest BCUT2D eigenvalue weighted by Crippen LogP contribution is -2.34. The molecule has 0 aromatic heterocycles. The maximum absolute atomic E-state index is 11.7. The first-order chi connectivity index (χ1) is 8.45. The molecule has 1 aromatic carbocycles. The smallest absolute Gasteiger partial charge is 0.319 e. The maximum atomic E-state index is 11.7. The monoisotopic (exact) mass is 267 g/mol. The van der Waals surface area contributed by atoms with Crippen LogP contribution < -0.4 is 21.1 Å². The van der Waals surface area contributed by atoms with E-state index in [1.165, 1.54) is 7.11 Å². The van der Waals surface area contributed by atoms with Gasteiger partial charge >= 0.3 is 6.03 Å². The molecule has 5 nitrogen and oxygen atoms in total. The lowest BCUT2D eigenvalue weighted by atomic mass is 10.1. The Kier molecular flexibility index (Phi) is 4.91. The second-order valence-corrected chi connectivity index (χ2v) is 4.44. The van der Waals surface area contributed by atoms with Crippen LogP contribution in [0.3, 0.4) is 0 Å². The number of para-hydroxylation sites is 1. The van der Waals surface area contributed by atoms with Gasteiger partial charge in [-0.15, -0.1) is 0 Å². The third-order valence-corrected chi connectivity index (χ3v) is 2.39. The first-order valence-corrected chi connectivity index (χ1v) is 5.90. The van der Waals surface area contributed by atoms with Crippen molar-refractivity contribution in [3.8, 4) is 5.75 Å². The normalized spacial score (nSPS) is 10.0. The van der Waals surface area contributed by atoms with Crippen LogP contribution in [0.15, 0.2) is 18.2 Å². The summed E-state index contributed by atoms with van der Waals surface area (Å²) in [6.45, 7) is 3.74. The number of amides is 2. The molecule has 0 aliphatic carbocycles. The number of anilines is 1. The van der Waals surface area contributed by atoms with Gasteiger partial charge in [-0.25, -0.2) is 4.79 Å². The van der Waals surface area contributed by atoms with Gasteiger partial charge in [-0.3, -0.25) is 0 Å². The molecule has 0 fully saturated rings. The molecule has 18 heavy (non-hydrogen) atoms. The number of hydrogen-bond donors (Lipinski definition) is 3. The molecule has 0 spiro atoms. The second-order valence-electron chi connectivity index (χ2n) is 4.00. The van der Waals surface area contributed by atoms with E-state index < -0.39 is 0 Å². The van der Waals surface area contributed by atoms with Crippen molar-refractivity contribution in [2.75, 3.05) is 12.4 Å². The summed E-state index contributed by atoms with van der Waals surface area (Å²) in [5, 5.41) is 5.42. The van der Waals surface area contributed by atoms with Gasteiger partial charge in [-0.1, -0.05) is 18.3 Å². The highest BCUT2D eigenvalue weighted by molar-refractivity contribution is 7.80. The van der Waals surface area contributed by atoms with Gasteiger partial charge in [0.1, 0.15) is 10.7 Å². The summed E-state index contributed by atoms with van der Waals surface area (Å²) in [6.07, 6.45) is 0. The number of nitrogens with two attached hydrogens (primary N) is 1. The van der Waals surface area contributed by atoms with E-state index in [1.54, 1.807) is 18.2 Å². The molecule has 0 heterocycles. The predicted octanol–water partition coefficient (Wildman–Crippen LogP) is 1.86. The number of carbonyl (C=O) groups excluding carboxylic acids is 1. The summed E-state index contributed by atoms with van der Waals surface area (Å²) >= 11 is 4.95. The number of nitrogens with one attached hydrogen (secondary N) is 2. The number of ether oxygens (including phenoxy) is 1. The van der Waals surface area contributed by atoms with E-state index in [-0.39, 0.29) is 17.1 Å². The fourth-order valence-electron chi connectivity index (χ4n) is 1.45. The third-order valence-electron chi connectivity index (χ3n) is 2.17. The molecule has 0 aliphatic rings. The topological polar surface area (TPSA) is 76.4 Å². The Morgan fingerprint density at radius 1 is 1.44 bits per heavy atom. The molecule has 1 rings (SSSR count). The maximum Gasteiger partial charge on any atom is 0.319 e. The Balaban J connectivity index is 3.05. The highest BCUT2D eigenvalue weighted by Crippen LogP contribution is 2.28. The number of rotatable bonds is 4. The van der Waals surface area contributed by atoms with E-state index >= 15 is 0 Å². The summed E-state index contributed by atoms with van der Waals surface area (Å²) in [7, 11) is 1.52. The Labute approximate surface area is 112 Å². The van der Waals surface area contributed by atoms with E-state index in [4.69, 9.17) is 22.7 Å². The zero-order chi connectivity index (χ0) is 13.7. The van der Waals surface area contributed by atoms with E-state index in [0.29, 0.717) is 17.0 Å². The van der Waals surface area contributed by atoms with Gasteiger partial charge in [-0.05, 0) is 26.0 Å². The Hall–Kier alpha value is -1.82. The van der Waals surface area contributed by atoms with Crippen LogP contribution >= 0.6 is 12.2 Å². The SMILES string of the molecule is COc1cccc(C(N)=S)c1NC(=O)NC(C)C. The minimum Gasteiger partial charge on any atom is -0.495 e. The van der Waals surface area contributed by atoms with Crippen LogP contribution in [0.25, 0.3) is 0 Å². The van der Waals surface area contributed by atoms with Gasteiger partial charge < -0.3 is 21.1 Å². The summed E-state index contributed by atoms with van der Waals surface area (Å²) in [5.74, 6) is 0.513. The van der Waals surface area contributed by atoms with Crippen LogP contribution in [-0.4, -0.2) is 24.2 Å². The van der Waals surface area contributed by atoms with Crippen molar-refractivity contribution in [3.05, 3.63) is 23.8 Å². The van der Waals surface area contributed by atoms with Crippen molar-refractivity contribution >= 4 is 28.9 Å². The van der Waals surface area contributed by atoms with Crippen LogP contribution in [0.2, 0.25) is 0 Å². The molecule has 0 bridgehead atoms. The second kappa shape index (κ2) is 6.20. The fourth-order valence-corrected chi connectivity index (χ4v) is 1.62. The summed E-state index contributed by atoms with van der Waals surface area (Å²) in [6, 6.07) is 4.93. The molecule has 1 aromatic rings. The van der Waals surface area contributed by atoms with Crippen molar-refractivity contribution < 1.29 is 9.53 Å². The van der Waals surface area contributed by atoms with Crippen molar-refractivity contribution in [1.82, 2.24) is 5.32 Å². The molecule has 98 valence electrons. The lowest BCUT2D eigenvalue weighted by Gasteiger charge is -2.15. The molecule has 0 unspecified atom stereocenters. The van der Waals surface area contributed by atoms with Gasteiger partial charge in [0, 0.05) is 11.6 Å². The average Bonchev–Trinajstić information content (AvgIpc) is 2.27. The number of urea groups is 1. The molecular weight excluding hydrogens is 250 g/mol. The molecule has 0 radical (unpaired) electrons. The van der Waals surface area contributed by atoms with E-state index in [1.807, 2.05) is 13.8 Å². The Morgan fingerprint density at radius 3 is 2.61 bits per heavy atom. The minimum atomic E-state index is -0.327. The molecule has 0 saturated heterocycles. The summed E-state index contributed by atoms with van der Waals surface area (Å²) in [4.78, 5) is 11.9. The molecule has 0 atom stereocenters. The predicted molar refractivity (Wildman–Crippen MR) is 76.2 cm³/mol. The number of benzene rings is 1. The van der Waals surface area contributed by atoms with Gasteiger partial charge in [0.2, 0.25) is 0 Å². The molecule has 2 amide bonds. The quantitative estimate of drug-likeness (QED) is 0.728. The van der Waals surface area contributed by atoms with Crippen molar-refractivity contribution in [2.45, 2.75) is 19.9 Å².